The van der Waals surface area contributed by atoms with E-state index >= 15 is 0 Å². The van der Waals surface area contributed by atoms with Gasteiger partial charge in [-0.25, -0.2) is 4.98 Å². The van der Waals surface area contributed by atoms with Crippen molar-refractivity contribution in [1.82, 2.24) is 9.97 Å². The summed E-state index contributed by atoms with van der Waals surface area (Å²) in [5.41, 5.74) is 10.1. The summed E-state index contributed by atoms with van der Waals surface area (Å²) in [5, 5.41) is 0. The number of nitrogens with one attached hydrogen (secondary N) is 1. The summed E-state index contributed by atoms with van der Waals surface area (Å²) in [5.74, 6) is 1.98. The SMILES string of the molecule is NC1CCCC(c2nc3ccccc3[nH]2)C2=CC=CCC21. The van der Waals surface area contributed by atoms with Crippen molar-refractivity contribution in [2.45, 2.75) is 37.6 Å². The van der Waals surface area contributed by atoms with Crippen LogP contribution < -0.4 is 5.73 Å². The number of aromatic amines is 1. The van der Waals surface area contributed by atoms with E-state index in [1.54, 1.807) is 0 Å². The predicted molar refractivity (Wildman–Crippen MR) is 86.0 cm³/mol. The first-order valence-corrected chi connectivity index (χ1v) is 7.90. The van der Waals surface area contributed by atoms with E-state index in [4.69, 9.17) is 10.7 Å². The fourth-order valence-corrected chi connectivity index (χ4v) is 3.82. The lowest BCUT2D eigenvalue weighted by Gasteiger charge is -2.28. The summed E-state index contributed by atoms with van der Waals surface area (Å²) >= 11 is 0. The Labute approximate surface area is 125 Å². The molecule has 0 amide bonds. The number of fused-ring (bicyclic) bond motifs is 2. The Morgan fingerprint density at radius 1 is 1.19 bits per heavy atom. The van der Waals surface area contributed by atoms with E-state index in [1.807, 2.05) is 6.07 Å². The second-order valence-electron chi connectivity index (χ2n) is 6.22. The summed E-state index contributed by atoms with van der Waals surface area (Å²) in [6, 6.07) is 8.56. The largest absolute Gasteiger partial charge is 0.341 e. The fourth-order valence-electron chi connectivity index (χ4n) is 3.82. The van der Waals surface area contributed by atoms with Crippen LogP contribution >= 0.6 is 0 Å². The molecule has 21 heavy (non-hydrogen) atoms. The Kier molecular flexibility index (Phi) is 3.15. The topological polar surface area (TPSA) is 54.7 Å². The minimum Gasteiger partial charge on any atom is -0.341 e. The smallest absolute Gasteiger partial charge is 0.114 e. The number of para-hydroxylation sites is 2. The van der Waals surface area contributed by atoms with Gasteiger partial charge in [0.2, 0.25) is 0 Å². The van der Waals surface area contributed by atoms with Gasteiger partial charge in [-0.15, -0.1) is 0 Å². The number of benzene rings is 1. The van der Waals surface area contributed by atoms with Gasteiger partial charge >= 0.3 is 0 Å². The molecule has 0 saturated heterocycles. The van der Waals surface area contributed by atoms with Crippen LogP contribution in [0, 0.1) is 5.92 Å². The fraction of sp³-hybridized carbons (Fsp3) is 0.389. The van der Waals surface area contributed by atoms with Crippen molar-refractivity contribution in [1.29, 1.82) is 0 Å². The van der Waals surface area contributed by atoms with Crippen LogP contribution in [-0.2, 0) is 0 Å². The van der Waals surface area contributed by atoms with Crippen molar-refractivity contribution < 1.29 is 0 Å². The van der Waals surface area contributed by atoms with E-state index in [9.17, 15) is 0 Å². The van der Waals surface area contributed by atoms with Gasteiger partial charge in [-0.3, -0.25) is 0 Å². The molecule has 3 N–H and O–H groups in total. The molecule has 4 rings (SSSR count). The number of hydrogen-bond donors (Lipinski definition) is 2. The Bertz CT molecular complexity index is 677. The van der Waals surface area contributed by atoms with E-state index < -0.39 is 0 Å². The monoisotopic (exact) mass is 279 g/mol. The number of H-pyrrole nitrogens is 1. The first-order chi connectivity index (χ1) is 10.3. The first kappa shape index (κ1) is 12.8. The molecule has 3 nitrogen and oxygen atoms in total. The highest BCUT2D eigenvalue weighted by atomic mass is 14.9. The molecule has 0 bridgehead atoms. The van der Waals surface area contributed by atoms with Crippen molar-refractivity contribution in [2.24, 2.45) is 11.7 Å². The van der Waals surface area contributed by atoms with Gasteiger partial charge in [0, 0.05) is 12.0 Å². The average molecular weight is 279 g/mol. The molecule has 2 aromatic rings. The zero-order valence-corrected chi connectivity index (χ0v) is 12.1. The molecular weight excluding hydrogens is 258 g/mol. The lowest BCUT2D eigenvalue weighted by atomic mass is 9.80. The van der Waals surface area contributed by atoms with Crippen LogP contribution in [0.15, 0.2) is 48.1 Å². The molecule has 1 aromatic heterocycles. The van der Waals surface area contributed by atoms with E-state index in [2.05, 4.69) is 41.4 Å². The highest BCUT2D eigenvalue weighted by Gasteiger charge is 2.33. The quantitative estimate of drug-likeness (QED) is 0.837. The molecule has 0 radical (unpaired) electrons. The number of aromatic nitrogens is 2. The normalized spacial score (nSPS) is 29.0. The van der Waals surface area contributed by atoms with Crippen molar-refractivity contribution in [3.63, 3.8) is 0 Å². The summed E-state index contributed by atoms with van der Waals surface area (Å²) in [7, 11) is 0. The second kappa shape index (κ2) is 5.15. The molecule has 3 unspecified atom stereocenters. The molecule has 0 spiro atoms. The molecule has 1 saturated carbocycles. The van der Waals surface area contributed by atoms with Crippen LogP contribution in [0.1, 0.15) is 37.4 Å². The Balaban J connectivity index is 1.78. The van der Waals surface area contributed by atoms with Crippen LogP contribution in [0.25, 0.3) is 11.0 Å². The Morgan fingerprint density at radius 2 is 2.10 bits per heavy atom. The number of allylic oxidation sites excluding steroid dienone is 3. The van der Waals surface area contributed by atoms with Crippen LogP contribution in [0.2, 0.25) is 0 Å². The summed E-state index contributed by atoms with van der Waals surface area (Å²) in [6.07, 6.45) is 11.2. The van der Waals surface area contributed by atoms with Crippen LogP contribution in [0.3, 0.4) is 0 Å². The third kappa shape index (κ3) is 2.22. The minimum absolute atomic E-state index is 0.288. The van der Waals surface area contributed by atoms with E-state index in [0.29, 0.717) is 11.8 Å². The number of hydrogen-bond acceptors (Lipinski definition) is 2. The first-order valence-electron chi connectivity index (χ1n) is 7.90. The molecule has 108 valence electrons. The molecule has 3 heteroatoms. The molecule has 1 fully saturated rings. The third-order valence-electron chi connectivity index (χ3n) is 4.93. The van der Waals surface area contributed by atoms with Crippen molar-refractivity contribution in [3.8, 4) is 0 Å². The van der Waals surface area contributed by atoms with Gasteiger partial charge in [-0.2, -0.15) is 0 Å². The molecule has 3 atom stereocenters. The molecule has 1 heterocycles. The highest BCUT2D eigenvalue weighted by Crippen LogP contribution is 2.41. The maximum atomic E-state index is 6.40. The molecule has 1 aromatic carbocycles. The molecular formula is C18H21N3. The van der Waals surface area contributed by atoms with Gasteiger partial charge in [0.05, 0.1) is 11.0 Å². The zero-order chi connectivity index (χ0) is 14.2. The molecule has 0 aliphatic heterocycles. The summed E-state index contributed by atoms with van der Waals surface area (Å²) in [6.45, 7) is 0. The lowest BCUT2D eigenvalue weighted by Crippen LogP contribution is -2.31. The van der Waals surface area contributed by atoms with Gasteiger partial charge in [0.25, 0.3) is 0 Å². The van der Waals surface area contributed by atoms with Gasteiger partial charge in [-0.05, 0) is 37.3 Å². The van der Waals surface area contributed by atoms with Crippen molar-refractivity contribution in [2.75, 3.05) is 0 Å². The third-order valence-corrected chi connectivity index (χ3v) is 4.93. The van der Waals surface area contributed by atoms with Crippen molar-refractivity contribution >= 4 is 11.0 Å². The predicted octanol–water partition coefficient (Wildman–Crippen LogP) is 3.66. The van der Waals surface area contributed by atoms with E-state index in [-0.39, 0.29) is 6.04 Å². The minimum atomic E-state index is 0.288. The Hall–Kier alpha value is -1.87. The number of nitrogens with two attached hydrogens (primary N) is 1. The molecule has 2 aliphatic carbocycles. The second-order valence-corrected chi connectivity index (χ2v) is 6.22. The highest BCUT2D eigenvalue weighted by molar-refractivity contribution is 5.75. The number of nitrogens with zero attached hydrogens (tertiary/aromatic N) is 1. The number of imidazole rings is 1. The van der Waals surface area contributed by atoms with Crippen molar-refractivity contribution in [3.05, 3.63) is 53.9 Å². The zero-order valence-electron chi connectivity index (χ0n) is 12.1. The summed E-state index contributed by atoms with van der Waals surface area (Å²) in [4.78, 5) is 8.36. The maximum Gasteiger partial charge on any atom is 0.114 e. The maximum absolute atomic E-state index is 6.40. The lowest BCUT2D eigenvalue weighted by molar-refractivity contribution is 0.460. The van der Waals surface area contributed by atoms with E-state index in [1.165, 1.54) is 12.0 Å². The molecule has 2 aliphatic rings. The van der Waals surface area contributed by atoms with Crippen LogP contribution in [0.5, 0.6) is 0 Å². The van der Waals surface area contributed by atoms with E-state index in [0.717, 1.165) is 36.1 Å². The number of rotatable bonds is 1. The van der Waals surface area contributed by atoms with Crippen LogP contribution in [-0.4, -0.2) is 16.0 Å². The van der Waals surface area contributed by atoms with Crippen LogP contribution in [0.4, 0.5) is 0 Å². The van der Waals surface area contributed by atoms with Gasteiger partial charge in [-0.1, -0.05) is 42.4 Å². The summed E-state index contributed by atoms with van der Waals surface area (Å²) < 4.78 is 0. The average Bonchev–Trinajstić information content (AvgIpc) is 2.87. The Morgan fingerprint density at radius 3 is 3.00 bits per heavy atom. The standard InChI is InChI=1S/C18H21N3/c19-15-9-5-8-14(12-6-1-2-7-13(12)15)18-20-16-10-3-4-11-17(16)21-18/h1-4,6,10-11,13-15H,5,7-9,19H2,(H,20,21). The van der Waals surface area contributed by atoms with Gasteiger partial charge in [0.1, 0.15) is 5.82 Å². The van der Waals surface area contributed by atoms with Gasteiger partial charge in [0.15, 0.2) is 0 Å². The van der Waals surface area contributed by atoms with Gasteiger partial charge < -0.3 is 10.7 Å².